The predicted molar refractivity (Wildman–Crippen MR) is 228 cm³/mol. The van der Waals surface area contributed by atoms with E-state index in [0.717, 1.165) is 33.1 Å². The van der Waals surface area contributed by atoms with Crippen LogP contribution in [0.25, 0.3) is 109 Å². The van der Waals surface area contributed by atoms with Crippen molar-refractivity contribution in [2.24, 2.45) is 0 Å². The van der Waals surface area contributed by atoms with Gasteiger partial charge in [0.15, 0.2) is 0 Å². The number of rotatable bonds is 4. The zero-order chi connectivity index (χ0) is 35.0. The van der Waals surface area contributed by atoms with E-state index >= 15 is 0 Å². The molecule has 0 fully saturated rings. The molecule has 0 N–H and O–H groups in total. The lowest BCUT2D eigenvalue weighted by atomic mass is 9.86. The summed E-state index contributed by atoms with van der Waals surface area (Å²) in [6, 6.07) is 64.1. The molecular formula is C51H32OS. The maximum absolute atomic E-state index is 7.04. The van der Waals surface area contributed by atoms with Crippen LogP contribution in [0.2, 0.25) is 0 Å². The van der Waals surface area contributed by atoms with E-state index in [4.69, 9.17) is 4.42 Å². The van der Waals surface area contributed by atoms with Crippen molar-refractivity contribution in [3.05, 3.63) is 181 Å². The summed E-state index contributed by atoms with van der Waals surface area (Å²) in [6.45, 7) is 2.19. The summed E-state index contributed by atoms with van der Waals surface area (Å²) < 4.78 is 7.04. The van der Waals surface area contributed by atoms with Gasteiger partial charge < -0.3 is 4.42 Å². The molecule has 0 spiro atoms. The van der Waals surface area contributed by atoms with Gasteiger partial charge in [-0.05, 0) is 96.5 Å². The fourth-order valence-electron chi connectivity index (χ4n) is 8.76. The SMILES string of the molecule is Cc1ccc(-c2c3ccccc3c(-c3cccc4c3oc3cc(-c5c6ccccc6c(-c6ccccc6)c6ccccc56)ccc34)c3ccccc23)s1. The van der Waals surface area contributed by atoms with Crippen LogP contribution in [0, 0.1) is 6.92 Å². The summed E-state index contributed by atoms with van der Waals surface area (Å²) in [5.74, 6) is 0. The summed E-state index contributed by atoms with van der Waals surface area (Å²) in [5.41, 5.74) is 10.3. The Morgan fingerprint density at radius 3 is 1.40 bits per heavy atom. The average Bonchev–Trinajstić information content (AvgIpc) is 3.82. The molecule has 0 saturated heterocycles. The van der Waals surface area contributed by atoms with Gasteiger partial charge in [-0.2, -0.15) is 0 Å². The van der Waals surface area contributed by atoms with Crippen molar-refractivity contribution in [3.8, 4) is 43.8 Å². The minimum atomic E-state index is 0.893. The van der Waals surface area contributed by atoms with E-state index in [9.17, 15) is 0 Å². The Bertz CT molecular complexity index is 3120. The molecule has 0 unspecified atom stereocenters. The third kappa shape index (κ3) is 4.56. The number of fused-ring (bicyclic) bond motifs is 7. The number of aryl methyl sites for hydroxylation is 1. The maximum Gasteiger partial charge on any atom is 0.143 e. The number of para-hydroxylation sites is 1. The number of benzene rings is 9. The molecule has 11 aromatic rings. The standard InChI is InChI=1S/C51H32OS/c1-31-26-29-46(53-31)50-41-22-11-9-20-39(41)49(40-21-10-12-23-42(40)50)44-25-13-24-43-34-28-27-33(30-45(34)52-51(43)44)48-37-18-7-5-16-35(37)47(32-14-3-2-4-15-32)36-17-6-8-19-38(36)48/h2-30H,1H3. The zero-order valence-electron chi connectivity index (χ0n) is 29.1. The molecule has 11 rings (SSSR count). The van der Waals surface area contributed by atoms with Crippen LogP contribution in [-0.4, -0.2) is 0 Å². The molecule has 9 aromatic carbocycles. The average molecular weight is 693 g/mol. The molecule has 0 radical (unpaired) electrons. The van der Waals surface area contributed by atoms with Gasteiger partial charge in [0, 0.05) is 37.2 Å². The summed E-state index contributed by atoms with van der Waals surface area (Å²) in [7, 11) is 0. The number of furan rings is 1. The highest BCUT2D eigenvalue weighted by Crippen LogP contribution is 2.49. The van der Waals surface area contributed by atoms with E-state index in [0.29, 0.717) is 0 Å². The first-order chi connectivity index (χ1) is 26.2. The van der Waals surface area contributed by atoms with Crippen LogP contribution in [0.15, 0.2) is 180 Å². The van der Waals surface area contributed by atoms with Crippen molar-refractivity contribution in [1.82, 2.24) is 0 Å². The summed E-state index contributed by atoms with van der Waals surface area (Å²) in [4.78, 5) is 2.62. The van der Waals surface area contributed by atoms with Crippen molar-refractivity contribution < 1.29 is 4.42 Å². The van der Waals surface area contributed by atoms with Gasteiger partial charge in [-0.3, -0.25) is 0 Å². The molecule has 0 amide bonds. The largest absolute Gasteiger partial charge is 0.455 e. The second-order valence-corrected chi connectivity index (χ2v) is 15.2. The molecular weight excluding hydrogens is 661 g/mol. The highest BCUT2D eigenvalue weighted by Gasteiger charge is 2.22. The normalized spacial score (nSPS) is 11.9. The van der Waals surface area contributed by atoms with Crippen molar-refractivity contribution >= 4 is 76.4 Å². The highest BCUT2D eigenvalue weighted by atomic mass is 32.1. The van der Waals surface area contributed by atoms with Gasteiger partial charge in [0.25, 0.3) is 0 Å². The maximum atomic E-state index is 7.04. The Morgan fingerprint density at radius 2 is 0.849 bits per heavy atom. The smallest absolute Gasteiger partial charge is 0.143 e. The summed E-state index contributed by atoms with van der Waals surface area (Å²) >= 11 is 1.86. The molecule has 0 aliphatic rings. The first-order valence-corrected chi connectivity index (χ1v) is 19.0. The minimum Gasteiger partial charge on any atom is -0.455 e. The fourth-order valence-corrected chi connectivity index (χ4v) is 9.70. The van der Waals surface area contributed by atoms with Crippen LogP contribution in [0.5, 0.6) is 0 Å². The molecule has 53 heavy (non-hydrogen) atoms. The lowest BCUT2D eigenvalue weighted by Crippen LogP contribution is -1.90. The fraction of sp³-hybridized carbons (Fsp3) is 0.0196. The van der Waals surface area contributed by atoms with E-state index < -0.39 is 0 Å². The van der Waals surface area contributed by atoms with Gasteiger partial charge in [0.05, 0.1) is 0 Å². The third-order valence-corrected chi connectivity index (χ3v) is 12.0. The molecule has 0 atom stereocenters. The van der Waals surface area contributed by atoms with Crippen LogP contribution >= 0.6 is 11.3 Å². The lowest BCUT2D eigenvalue weighted by molar-refractivity contribution is 0.670. The predicted octanol–water partition coefficient (Wildman–Crippen LogP) is 15.2. The monoisotopic (exact) mass is 692 g/mol. The van der Waals surface area contributed by atoms with Crippen molar-refractivity contribution in [2.75, 3.05) is 0 Å². The van der Waals surface area contributed by atoms with Crippen LogP contribution in [0.1, 0.15) is 4.88 Å². The first kappa shape index (κ1) is 30.2. The Morgan fingerprint density at radius 1 is 0.358 bits per heavy atom. The number of hydrogen-bond acceptors (Lipinski definition) is 2. The molecule has 0 saturated carbocycles. The van der Waals surface area contributed by atoms with Gasteiger partial charge >= 0.3 is 0 Å². The Balaban J connectivity index is 1.17. The zero-order valence-corrected chi connectivity index (χ0v) is 29.9. The second-order valence-electron chi connectivity index (χ2n) is 14.0. The molecule has 2 heteroatoms. The summed E-state index contributed by atoms with van der Waals surface area (Å²) in [6.07, 6.45) is 0. The Hall–Kier alpha value is -6.48. The number of hydrogen-bond donors (Lipinski definition) is 0. The lowest BCUT2D eigenvalue weighted by Gasteiger charge is -2.17. The second kappa shape index (κ2) is 11.8. The van der Waals surface area contributed by atoms with E-state index in [2.05, 4.69) is 183 Å². The molecule has 0 aliphatic heterocycles. The van der Waals surface area contributed by atoms with Crippen molar-refractivity contribution in [1.29, 1.82) is 0 Å². The van der Waals surface area contributed by atoms with Gasteiger partial charge in [-0.25, -0.2) is 0 Å². The van der Waals surface area contributed by atoms with Crippen LogP contribution in [0.3, 0.4) is 0 Å². The van der Waals surface area contributed by atoms with E-state index in [1.54, 1.807) is 0 Å². The Labute approximate surface area is 311 Å². The minimum absolute atomic E-state index is 0.893. The molecule has 0 aliphatic carbocycles. The third-order valence-electron chi connectivity index (χ3n) is 11.0. The molecule has 2 heterocycles. The van der Waals surface area contributed by atoms with Gasteiger partial charge in [-0.15, -0.1) is 11.3 Å². The van der Waals surface area contributed by atoms with Crippen LogP contribution in [-0.2, 0) is 0 Å². The molecule has 0 bridgehead atoms. The van der Waals surface area contributed by atoms with Crippen LogP contribution < -0.4 is 0 Å². The molecule has 2 aromatic heterocycles. The molecule has 1 nitrogen and oxygen atoms in total. The quantitative estimate of drug-likeness (QED) is 0.167. The topological polar surface area (TPSA) is 13.1 Å². The Kier molecular flexibility index (Phi) is 6.71. The summed E-state index contributed by atoms with van der Waals surface area (Å²) in [5, 5.41) is 12.2. The molecule has 248 valence electrons. The van der Waals surface area contributed by atoms with Gasteiger partial charge in [0.2, 0.25) is 0 Å². The van der Waals surface area contributed by atoms with Gasteiger partial charge in [0.1, 0.15) is 11.2 Å². The van der Waals surface area contributed by atoms with E-state index in [1.165, 1.54) is 80.7 Å². The van der Waals surface area contributed by atoms with E-state index in [1.807, 2.05) is 11.3 Å². The van der Waals surface area contributed by atoms with E-state index in [-0.39, 0.29) is 0 Å². The van der Waals surface area contributed by atoms with Crippen molar-refractivity contribution in [2.45, 2.75) is 6.92 Å². The number of thiophene rings is 1. The first-order valence-electron chi connectivity index (χ1n) is 18.2. The highest BCUT2D eigenvalue weighted by molar-refractivity contribution is 7.15. The van der Waals surface area contributed by atoms with Crippen molar-refractivity contribution in [3.63, 3.8) is 0 Å². The van der Waals surface area contributed by atoms with Crippen LogP contribution in [0.4, 0.5) is 0 Å². The van der Waals surface area contributed by atoms with Gasteiger partial charge in [-0.1, -0.05) is 152 Å².